The predicted molar refractivity (Wildman–Crippen MR) is 235 cm³/mol. The Balaban J connectivity index is 1.18. The largest absolute Gasteiger partial charge is 0.308 e. The van der Waals surface area contributed by atoms with Crippen LogP contribution in [0.1, 0.15) is 0 Å². The predicted octanol–water partition coefficient (Wildman–Crippen LogP) is 14.0. The third-order valence-corrected chi connectivity index (χ3v) is 12.1. The highest BCUT2D eigenvalue weighted by Crippen LogP contribution is 2.47. The van der Waals surface area contributed by atoms with E-state index in [1.54, 1.807) is 0 Å². The van der Waals surface area contributed by atoms with Crippen molar-refractivity contribution in [2.45, 2.75) is 0 Å². The van der Waals surface area contributed by atoms with Gasteiger partial charge in [-0.2, -0.15) is 0 Å². The normalized spacial score (nSPS) is 12.3. The third kappa shape index (κ3) is 4.04. The zero-order valence-corrected chi connectivity index (χ0v) is 30.2. The first-order valence-corrected chi connectivity index (χ1v) is 19.3. The van der Waals surface area contributed by atoms with Crippen molar-refractivity contribution in [3.63, 3.8) is 0 Å². The van der Waals surface area contributed by atoms with Crippen LogP contribution in [0.5, 0.6) is 0 Å². The lowest BCUT2D eigenvalue weighted by Gasteiger charge is -2.06. The molecule has 3 heteroatoms. The molecule has 0 saturated carbocycles. The molecule has 5 heterocycles. The summed E-state index contributed by atoms with van der Waals surface area (Å²) in [5.74, 6) is 0. The molecule has 258 valence electrons. The molecule has 0 aliphatic carbocycles. The van der Waals surface area contributed by atoms with E-state index in [0.29, 0.717) is 0 Å². The number of hydrogen-bond acceptors (Lipinski definition) is 1. The van der Waals surface area contributed by atoms with Gasteiger partial charge in [-0.3, -0.25) is 0 Å². The number of rotatable bonds is 4. The number of nitrogens with zero attached hydrogens (tertiary/aromatic N) is 3. The van der Waals surface area contributed by atoms with Gasteiger partial charge in [0.2, 0.25) is 0 Å². The molecule has 0 atom stereocenters. The Hall–Kier alpha value is -7.49. The Kier molecular flexibility index (Phi) is 5.89. The molecule has 0 spiro atoms. The lowest BCUT2D eigenvalue weighted by atomic mass is 9.97. The Morgan fingerprint density at radius 2 is 0.696 bits per heavy atom. The van der Waals surface area contributed by atoms with Gasteiger partial charge in [-0.15, -0.1) is 0 Å². The molecule has 0 N–H and O–H groups in total. The van der Waals surface area contributed by atoms with Gasteiger partial charge in [0.1, 0.15) is 0 Å². The summed E-state index contributed by atoms with van der Waals surface area (Å²) in [5.41, 5.74) is 17.7. The van der Waals surface area contributed by atoms with Gasteiger partial charge in [-0.05, 0) is 88.0 Å². The Bertz CT molecular complexity index is 3410. The second kappa shape index (κ2) is 11.0. The van der Waals surface area contributed by atoms with Gasteiger partial charge >= 0.3 is 0 Å². The van der Waals surface area contributed by atoms with Crippen LogP contribution in [0.2, 0.25) is 0 Å². The van der Waals surface area contributed by atoms with E-state index in [9.17, 15) is 0 Å². The van der Waals surface area contributed by atoms with Gasteiger partial charge in [-0.1, -0.05) is 133 Å². The van der Waals surface area contributed by atoms with E-state index in [0.717, 1.165) is 16.8 Å². The zero-order valence-electron chi connectivity index (χ0n) is 30.2. The smallest absolute Gasteiger partial charge is 0.0977 e. The summed E-state index contributed by atoms with van der Waals surface area (Å²) in [6.45, 7) is 0. The fraction of sp³-hybridized carbons (Fsp3) is 0. The van der Waals surface area contributed by atoms with Crippen molar-refractivity contribution in [3.05, 3.63) is 188 Å². The molecule has 0 bridgehead atoms. The van der Waals surface area contributed by atoms with Crippen LogP contribution in [-0.4, -0.2) is 13.8 Å². The molecule has 0 aliphatic rings. The van der Waals surface area contributed by atoms with Gasteiger partial charge in [0.15, 0.2) is 0 Å². The van der Waals surface area contributed by atoms with Crippen LogP contribution >= 0.6 is 0 Å². The first-order valence-electron chi connectivity index (χ1n) is 19.3. The van der Waals surface area contributed by atoms with Gasteiger partial charge in [0.25, 0.3) is 0 Å². The minimum absolute atomic E-state index is 0.991. The summed E-state index contributed by atoms with van der Waals surface area (Å²) >= 11 is 0. The zero-order chi connectivity index (χ0) is 36.5. The molecule has 0 fully saturated rings. The van der Waals surface area contributed by atoms with Gasteiger partial charge in [0.05, 0.1) is 44.3 Å². The lowest BCUT2D eigenvalue weighted by Crippen LogP contribution is -1.85. The molecule has 0 aliphatic heterocycles. The molecular weight excluding hydrogens is 679 g/mol. The van der Waals surface area contributed by atoms with E-state index in [1.165, 1.54) is 104 Å². The van der Waals surface area contributed by atoms with Crippen molar-refractivity contribution in [1.29, 1.82) is 0 Å². The summed E-state index contributed by atoms with van der Waals surface area (Å²) < 4.78 is 4.99. The first-order chi connectivity index (χ1) is 27.8. The molecule has 0 radical (unpaired) electrons. The molecular formula is C53H31N3. The number of hydrogen-bond donors (Lipinski definition) is 0. The van der Waals surface area contributed by atoms with Gasteiger partial charge in [0, 0.05) is 43.3 Å². The number of aromatic nitrogens is 3. The highest BCUT2D eigenvalue weighted by Gasteiger charge is 2.25. The minimum Gasteiger partial charge on any atom is -0.308 e. The van der Waals surface area contributed by atoms with Crippen LogP contribution in [0.4, 0.5) is 0 Å². The maximum Gasteiger partial charge on any atom is 0.0977 e. The van der Waals surface area contributed by atoms with Crippen molar-refractivity contribution in [3.8, 4) is 44.6 Å². The monoisotopic (exact) mass is 709 g/mol. The van der Waals surface area contributed by atoms with Crippen molar-refractivity contribution in [1.82, 2.24) is 13.8 Å². The Morgan fingerprint density at radius 3 is 1.25 bits per heavy atom. The van der Waals surface area contributed by atoms with Crippen LogP contribution in [0.3, 0.4) is 0 Å². The van der Waals surface area contributed by atoms with Crippen LogP contribution in [-0.2, 0) is 0 Å². The lowest BCUT2D eigenvalue weighted by molar-refractivity contribution is 1.34. The minimum atomic E-state index is 0.991. The second-order valence-electron chi connectivity index (χ2n) is 15.2. The first kappa shape index (κ1) is 29.9. The summed E-state index contributed by atoms with van der Waals surface area (Å²) in [6, 6.07) is 68.7. The molecule has 8 aromatic carbocycles. The number of fused-ring (bicyclic) bond motifs is 12. The van der Waals surface area contributed by atoms with Crippen LogP contribution in [0.15, 0.2) is 188 Å². The summed E-state index contributed by atoms with van der Waals surface area (Å²) in [7, 11) is 0. The van der Waals surface area contributed by atoms with Crippen LogP contribution in [0, 0.1) is 0 Å². The molecule has 0 amide bonds. The van der Waals surface area contributed by atoms with E-state index in [1.807, 2.05) is 0 Å². The Morgan fingerprint density at radius 1 is 0.268 bits per heavy atom. The molecule has 56 heavy (non-hydrogen) atoms. The van der Waals surface area contributed by atoms with Gasteiger partial charge in [-0.25, -0.2) is 4.98 Å². The maximum atomic E-state index is 5.50. The molecule has 5 aromatic heterocycles. The average molecular weight is 710 g/mol. The van der Waals surface area contributed by atoms with Crippen molar-refractivity contribution in [2.24, 2.45) is 0 Å². The van der Waals surface area contributed by atoms with Gasteiger partial charge < -0.3 is 8.80 Å². The van der Waals surface area contributed by atoms with Crippen molar-refractivity contribution < 1.29 is 0 Å². The molecule has 3 nitrogen and oxygen atoms in total. The fourth-order valence-electron chi connectivity index (χ4n) is 9.61. The molecule has 0 saturated heterocycles. The Labute approximate surface area is 321 Å². The van der Waals surface area contributed by atoms with E-state index in [4.69, 9.17) is 4.98 Å². The quantitative estimate of drug-likeness (QED) is 0.178. The van der Waals surface area contributed by atoms with Crippen molar-refractivity contribution >= 4 is 76.3 Å². The maximum absolute atomic E-state index is 5.50. The van der Waals surface area contributed by atoms with E-state index in [-0.39, 0.29) is 0 Å². The van der Waals surface area contributed by atoms with Crippen molar-refractivity contribution in [2.75, 3.05) is 0 Å². The van der Waals surface area contributed by atoms with Crippen LogP contribution < -0.4 is 0 Å². The molecule has 13 aromatic rings. The summed E-state index contributed by atoms with van der Waals surface area (Å²) in [4.78, 5) is 5.50. The third-order valence-electron chi connectivity index (χ3n) is 12.1. The average Bonchev–Trinajstić information content (AvgIpc) is 3.99. The van der Waals surface area contributed by atoms with E-state index in [2.05, 4.69) is 197 Å². The fourth-order valence-corrected chi connectivity index (χ4v) is 9.61. The summed E-state index contributed by atoms with van der Waals surface area (Å²) in [5, 5.41) is 8.70. The second-order valence-corrected chi connectivity index (χ2v) is 15.2. The topological polar surface area (TPSA) is 21.7 Å². The van der Waals surface area contributed by atoms with E-state index < -0.39 is 0 Å². The number of benzene rings is 8. The highest BCUT2D eigenvalue weighted by molar-refractivity contribution is 6.29. The molecule has 0 unspecified atom stereocenters. The van der Waals surface area contributed by atoms with E-state index >= 15 is 0 Å². The van der Waals surface area contributed by atoms with Crippen LogP contribution in [0.25, 0.3) is 121 Å². The highest BCUT2D eigenvalue weighted by atomic mass is 15.0. The summed E-state index contributed by atoms with van der Waals surface area (Å²) in [6.07, 6.45) is 0. The number of pyridine rings is 1. The SMILES string of the molecule is c1ccc(-c2ccc3c(c2)c2cc(-c4ccccc4)cc4c5cc6c7nc(-c8ccccc8)cc8c9cc(-c%10ccccc%10)ccc9n(c6cc5n3c24)c87)cc1. The molecule has 13 rings (SSSR count). The standard InChI is InChI=1S/C53H31N3/c1-5-13-32(14-6-1)36-21-23-47-39(25-36)42-27-38(34-17-9-3-10-18-34)28-43-41-29-45-50(31-49(41)55(47)52(42)43)56-48-24-22-37(33-15-7-2-8-16-33)26-40(48)44-30-46(54-51(45)53(44)56)35-19-11-4-12-20-35/h1-31H.